The molecule has 3 aromatic rings. The minimum Gasteiger partial charge on any atom is -0.465 e. The fourth-order valence-electron chi connectivity index (χ4n) is 3.58. The summed E-state index contributed by atoms with van der Waals surface area (Å²) in [5, 5.41) is 0. The van der Waals surface area contributed by atoms with Gasteiger partial charge in [0.05, 0.1) is 12.5 Å². The lowest BCUT2D eigenvalue weighted by Crippen LogP contribution is -2.37. The van der Waals surface area contributed by atoms with Gasteiger partial charge in [-0.05, 0) is 56.9 Å². The molecule has 1 fully saturated rings. The topological polar surface area (TPSA) is 68.5 Å². The Morgan fingerprint density at radius 3 is 2.75 bits per heavy atom. The number of rotatable bonds is 6. The van der Waals surface area contributed by atoms with Crippen LogP contribution in [0.4, 0.5) is 6.01 Å². The lowest BCUT2D eigenvalue weighted by molar-refractivity contribution is -0.149. The molecule has 0 atom stereocenters. The zero-order chi connectivity index (χ0) is 19.3. The molecule has 1 saturated heterocycles. The Morgan fingerprint density at radius 2 is 1.96 bits per heavy atom. The summed E-state index contributed by atoms with van der Waals surface area (Å²) >= 11 is 0. The Kier molecular flexibility index (Phi) is 5.55. The molecule has 0 spiro atoms. The average molecular weight is 379 g/mol. The molecular weight excluding hydrogens is 354 g/mol. The third-order valence-corrected chi connectivity index (χ3v) is 5.15. The third-order valence-electron chi connectivity index (χ3n) is 5.15. The van der Waals surface area contributed by atoms with Crippen LogP contribution >= 0.6 is 0 Å². The van der Waals surface area contributed by atoms with E-state index in [-0.39, 0.29) is 11.9 Å². The summed E-state index contributed by atoms with van der Waals surface area (Å²) in [5.74, 6) is -0.132. The summed E-state index contributed by atoms with van der Waals surface area (Å²) in [4.78, 5) is 23.5. The number of carbonyl (C=O) groups excluding carboxylic acids is 1. The van der Waals surface area contributed by atoms with E-state index in [4.69, 9.17) is 9.15 Å². The molecule has 0 N–H and O–H groups in total. The Balaban J connectivity index is 1.21. The average Bonchev–Trinajstić information content (AvgIpc) is 3.15. The number of pyridine rings is 1. The number of carbonyl (C=O) groups is 1. The number of aryl methyl sites for hydroxylation is 2. The van der Waals surface area contributed by atoms with Crippen molar-refractivity contribution in [3.63, 3.8) is 0 Å². The van der Waals surface area contributed by atoms with Gasteiger partial charge in [-0.15, -0.1) is 0 Å². The van der Waals surface area contributed by atoms with Crippen molar-refractivity contribution in [3.8, 4) is 0 Å². The first-order chi connectivity index (χ1) is 13.7. The van der Waals surface area contributed by atoms with E-state index >= 15 is 0 Å². The Labute approximate surface area is 164 Å². The summed E-state index contributed by atoms with van der Waals surface area (Å²) < 4.78 is 11.3. The highest BCUT2D eigenvalue weighted by Crippen LogP contribution is 2.26. The molecule has 28 heavy (non-hydrogen) atoms. The summed E-state index contributed by atoms with van der Waals surface area (Å²) in [7, 11) is 0. The summed E-state index contributed by atoms with van der Waals surface area (Å²) in [6.45, 7) is 3.93. The lowest BCUT2D eigenvalue weighted by Gasteiger charge is -2.29. The van der Waals surface area contributed by atoms with E-state index in [1.54, 1.807) is 0 Å². The number of esters is 1. The molecule has 0 unspecified atom stereocenters. The number of fused-ring (bicyclic) bond motifs is 1. The number of hydrogen-bond donors (Lipinski definition) is 0. The molecule has 0 bridgehead atoms. The van der Waals surface area contributed by atoms with Crippen molar-refractivity contribution >= 4 is 23.1 Å². The number of anilines is 1. The van der Waals surface area contributed by atoms with Crippen LogP contribution < -0.4 is 4.90 Å². The van der Waals surface area contributed by atoms with Crippen molar-refractivity contribution in [3.05, 3.63) is 53.9 Å². The molecule has 6 nitrogen and oxygen atoms in total. The van der Waals surface area contributed by atoms with E-state index in [1.165, 1.54) is 0 Å². The number of aromatic nitrogens is 2. The second kappa shape index (κ2) is 8.42. The van der Waals surface area contributed by atoms with Gasteiger partial charge in [0.1, 0.15) is 5.52 Å². The Hall–Kier alpha value is -2.89. The maximum absolute atomic E-state index is 12.4. The van der Waals surface area contributed by atoms with E-state index in [0.717, 1.165) is 61.3 Å². The number of oxazole rings is 1. The van der Waals surface area contributed by atoms with Gasteiger partial charge in [0.25, 0.3) is 6.01 Å². The first-order valence-electron chi connectivity index (χ1n) is 9.89. The maximum Gasteiger partial charge on any atom is 0.309 e. The summed E-state index contributed by atoms with van der Waals surface area (Å²) in [5.41, 5.74) is 3.71. The monoisotopic (exact) mass is 379 g/mol. The predicted molar refractivity (Wildman–Crippen MR) is 107 cm³/mol. The van der Waals surface area contributed by atoms with Crippen molar-refractivity contribution in [2.24, 2.45) is 5.92 Å². The van der Waals surface area contributed by atoms with Gasteiger partial charge in [0, 0.05) is 24.5 Å². The SMILES string of the molecule is Cc1cccc(CCCOC(=O)C2CCN(c3nc4ccccc4o3)CC2)n1. The molecule has 6 heteroatoms. The zero-order valence-corrected chi connectivity index (χ0v) is 16.1. The van der Waals surface area contributed by atoms with Crippen molar-refractivity contribution in [1.82, 2.24) is 9.97 Å². The van der Waals surface area contributed by atoms with E-state index in [1.807, 2.05) is 49.4 Å². The highest BCUT2D eigenvalue weighted by Gasteiger charge is 2.28. The second-order valence-electron chi connectivity index (χ2n) is 7.27. The number of piperidine rings is 1. The number of nitrogens with zero attached hydrogens (tertiary/aromatic N) is 3. The van der Waals surface area contributed by atoms with Crippen LogP contribution in [0.5, 0.6) is 0 Å². The van der Waals surface area contributed by atoms with Crippen LogP contribution in [-0.4, -0.2) is 35.6 Å². The van der Waals surface area contributed by atoms with E-state index in [0.29, 0.717) is 12.6 Å². The molecule has 1 aromatic carbocycles. The van der Waals surface area contributed by atoms with Crippen molar-refractivity contribution < 1.29 is 13.9 Å². The number of hydrogen-bond acceptors (Lipinski definition) is 6. The standard InChI is InChI=1S/C22H25N3O3/c1-16-6-4-7-18(23-16)8-5-15-27-21(26)17-11-13-25(14-12-17)22-24-19-9-2-3-10-20(19)28-22/h2-4,6-7,9-10,17H,5,8,11-15H2,1H3. The minimum atomic E-state index is -0.0885. The van der Waals surface area contributed by atoms with Gasteiger partial charge in [0.2, 0.25) is 0 Å². The van der Waals surface area contributed by atoms with Crippen LogP contribution in [0, 0.1) is 12.8 Å². The molecule has 4 rings (SSSR count). The van der Waals surface area contributed by atoms with Crippen LogP contribution in [0.2, 0.25) is 0 Å². The zero-order valence-electron chi connectivity index (χ0n) is 16.1. The van der Waals surface area contributed by atoms with Gasteiger partial charge >= 0.3 is 5.97 Å². The largest absolute Gasteiger partial charge is 0.465 e. The predicted octanol–water partition coefficient (Wildman–Crippen LogP) is 3.92. The van der Waals surface area contributed by atoms with Crippen LogP contribution in [-0.2, 0) is 16.0 Å². The molecule has 0 saturated carbocycles. The van der Waals surface area contributed by atoms with Crippen molar-refractivity contribution in [2.75, 3.05) is 24.6 Å². The van der Waals surface area contributed by atoms with Gasteiger partial charge in [-0.3, -0.25) is 9.78 Å². The molecule has 0 radical (unpaired) electrons. The van der Waals surface area contributed by atoms with Crippen LogP contribution in [0.1, 0.15) is 30.7 Å². The molecule has 0 aliphatic carbocycles. The first kappa shape index (κ1) is 18.5. The Morgan fingerprint density at radius 1 is 1.14 bits per heavy atom. The normalized spacial score (nSPS) is 15.1. The highest BCUT2D eigenvalue weighted by molar-refractivity contribution is 5.75. The van der Waals surface area contributed by atoms with Gasteiger partial charge in [-0.1, -0.05) is 18.2 Å². The quantitative estimate of drug-likeness (QED) is 0.478. The molecule has 3 heterocycles. The first-order valence-corrected chi connectivity index (χ1v) is 9.89. The summed E-state index contributed by atoms with van der Waals surface area (Å²) in [6, 6.07) is 14.4. The fourth-order valence-corrected chi connectivity index (χ4v) is 3.58. The molecule has 1 aliphatic rings. The van der Waals surface area contributed by atoms with E-state index in [2.05, 4.69) is 14.9 Å². The van der Waals surface area contributed by atoms with Gasteiger partial charge in [-0.2, -0.15) is 4.98 Å². The minimum absolute atomic E-state index is 0.0438. The van der Waals surface area contributed by atoms with Gasteiger partial charge in [0.15, 0.2) is 5.58 Å². The smallest absolute Gasteiger partial charge is 0.309 e. The van der Waals surface area contributed by atoms with Gasteiger partial charge in [-0.25, -0.2) is 0 Å². The molecule has 2 aromatic heterocycles. The Bertz CT molecular complexity index is 912. The molecule has 1 aliphatic heterocycles. The summed E-state index contributed by atoms with van der Waals surface area (Å²) in [6.07, 6.45) is 3.14. The van der Waals surface area contributed by atoms with Crippen molar-refractivity contribution in [1.29, 1.82) is 0 Å². The number of ether oxygens (including phenoxy) is 1. The second-order valence-corrected chi connectivity index (χ2v) is 7.27. The van der Waals surface area contributed by atoms with Crippen molar-refractivity contribution in [2.45, 2.75) is 32.6 Å². The third kappa shape index (κ3) is 4.32. The molecular formula is C22H25N3O3. The van der Waals surface area contributed by atoms with Gasteiger partial charge < -0.3 is 14.1 Å². The van der Waals surface area contributed by atoms with Crippen LogP contribution in [0.3, 0.4) is 0 Å². The van der Waals surface area contributed by atoms with E-state index in [9.17, 15) is 4.79 Å². The highest BCUT2D eigenvalue weighted by atomic mass is 16.5. The number of benzene rings is 1. The lowest BCUT2D eigenvalue weighted by atomic mass is 9.97. The van der Waals surface area contributed by atoms with E-state index < -0.39 is 0 Å². The van der Waals surface area contributed by atoms with Crippen LogP contribution in [0.25, 0.3) is 11.1 Å². The fraction of sp³-hybridized carbons (Fsp3) is 0.409. The number of para-hydroxylation sites is 2. The maximum atomic E-state index is 12.4. The molecule has 0 amide bonds. The van der Waals surface area contributed by atoms with Crippen LogP contribution in [0.15, 0.2) is 46.9 Å². The molecule has 146 valence electrons.